The molecule has 1 aliphatic rings. The van der Waals surface area contributed by atoms with Crippen LogP contribution >= 0.6 is 11.3 Å². The number of anilines is 1. The van der Waals surface area contributed by atoms with E-state index in [1.807, 2.05) is 0 Å². The molecular weight excluding hydrogens is 421 g/mol. The number of esters is 1. The van der Waals surface area contributed by atoms with Crippen LogP contribution in [0.15, 0.2) is 21.9 Å². The molecule has 1 fully saturated rings. The van der Waals surface area contributed by atoms with Crippen LogP contribution in [0.5, 0.6) is 0 Å². The lowest BCUT2D eigenvalue weighted by Crippen LogP contribution is -2.44. The maximum Gasteiger partial charge on any atom is 0.393 e. The summed E-state index contributed by atoms with van der Waals surface area (Å²) in [5.74, 6) is -1.37. The summed E-state index contributed by atoms with van der Waals surface area (Å²) < 4.78 is 49.7. The second kappa shape index (κ2) is 9.22. The smallest absolute Gasteiger partial charge is 0.393 e. The maximum absolute atomic E-state index is 13.0. The van der Waals surface area contributed by atoms with Crippen molar-refractivity contribution in [2.45, 2.75) is 32.9 Å². The topological polar surface area (TPSA) is 71.8 Å². The summed E-state index contributed by atoms with van der Waals surface area (Å²) in [4.78, 5) is 26.5. The van der Waals surface area contributed by atoms with Crippen LogP contribution in [0.25, 0.3) is 11.3 Å². The van der Waals surface area contributed by atoms with Gasteiger partial charge in [0.2, 0.25) is 5.91 Å². The number of thiophene rings is 1. The van der Waals surface area contributed by atoms with E-state index in [4.69, 9.17) is 9.15 Å². The fraction of sp³-hybridized carbons (Fsp3) is 0.500. The molecule has 6 nitrogen and oxygen atoms in total. The first-order valence-electron chi connectivity index (χ1n) is 9.63. The van der Waals surface area contributed by atoms with E-state index in [2.05, 4.69) is 5.32 Å². The number of piperidine rings is 1. The first-order valence-corrected chi connectivity index (χ1v) is 10.5. The number of alkyl halides is 3. The zero-order valence-corrected chi connectivity index (χ0v) is 17.5. The fourth-order valence-electron chi connectivity index (χ4n) is 3.45. The van der Waals surface area contributed by atoms with Gasteiger partial charge < -0.3 is 14.5 Å². The largest absolute Gasteiger partial charge is 0.462 e. The molecule has 2 aromatic heterocycles. The number of halogens is 3. The number of carbonyl (C=O) groups is 2. The predicted molar refractivity (Wildman–Crippen MR) is 107 cm³/mol. The number of hydrogen-bond donors (Lipinski definition) is 1. The SMILES string of the molecule is CCOC(=O)c1c(-c2ccc(C)o2)csc1NC(=O)CN1CCCC(C(F)(F)F)C1. The van der Waals surface area contributed by atoms with E-state index in [1.165, 1.54) is 4.90 Å². The Morgan fingerprint density at radius 2 is 2.13 bits per heavy atom. The molecule has 1 atom stereocenters. The number of hydrogen-bond acceptors (Lipinski definition) is 6. The number of aryl methyl sites for hydroxylation is 1. The van der Waals surface area contributed by atoms with Gasteiger partial charge in [-0.05, 0) is 45.4 Å². The molecule has 30 heavy (non-hydrogen) atoms. The lowest BCUT2D eigenvalue weighted by atomic mass is 9.97. The second-order valence-electron chi connectivity index (χ2n) is 7.15. The van der Waals surface area contributed by atoms with E-state index in [9.17, 15) is 22.8 Å². The fourth-order valence-corrected chi connectivity index (χ4v) is 4.41. The van der Waals surface area contributed by atoms with Crippen LogP contribution < -0.4 is 5.32 Å². The summed E-state index contributed by atoms with van der Waals surface area (Å²) in [6.07, 6.45) is -3.81. The number of rotatable bonds is 6. The summed E-state index contributed by atoms with van der Waals surface area (Å²) >= 11 is 1.14. The van der Waals surface area contributed by atoms with Gasteiger partial charge in [-0.1, -0.05) is 0 Å². The molecule has 1 aliphatic heterocycles. The van der Waals surface area contributed by atoms with Crippen LogP contribution in [0.2, 0.25) is 0 Å². The molecule has 0 radical (unpaired) electrons. The van der Waals surface area contributed by atoms with Gasteiger partial charge in [-0.25, -0.2) is 4.79 Å². The van der Waals surface area contributed by atoms with Crippen molar-refractivity contribution >= 4 is 28.2 Å². The molecule has 0 bridgehead atoms. The van der Waals surface area contributed by atoms with Crippen LogP contribution in [0, 0.1) is 12.8 Å². The zero-order valence-electron chi connectivity index (χ0n) is 16.7. The monoisotopic (exact) mass is 444 g/mol. The van der Waals surface area contributed by atoms with Crippen molar-refractivity contribution in [3.05, 3.63) is 28.8 Å². The first kappa shape index (κ1) is 22.4. The average molecular weight is 444 g/mol. The molecule has 2 aromatic rings. The molecule has 0 aromatic carbocycles. The minimum atomic E-state index is -4.27. The van der Waals surface area contributed by atoms with Crippen molar-refractivity contribution in [3.8, 4) is 11.3 Å². The molecule has 1 N–H and O–H groups in total. The van der Waals surface area contributed by atoms with Crippen LogP contribution in [0.4, 0.5) is 18.2 Å². The van der Waals surface area contributed by atoms with Crippen molar-refractivity contribution in [2.24, 2.45) is 5.92 Å². The van der Waals surface area contributed by atoms with E-state index in [0.29, 0.717) is 30.0 Å². The van der Waals surface area contributed by atoms with E-state index in [1.54, 1.807) is 31.4 Å². The third kappa shape index (κ3) is 5.23. The molecule has 0 spiro atoms. The number of likely N-dealkylation sites (tertiary alicyclic amines) is 1. The van der Waals surface area contributed by atoms with E-state index >= 15 is 0 Å². The molecule has 1 amide bonds. The zero-order chi connectivity index (χ0) is 21.9. The number of nitrogens with one attached hydrogen (secondary N) is 1. The molecule has 10 heteroatoms. The normalized spacial score (nSPS) is 17.7. The summed E-state index contributed by atoms with van der Waals surface area (Å²) in [5.41, 5.74) is 0.674. The molecule has 0 saturated carbocycles. The van der Waals surface area contributed by atoms with Crippen LogP contribution in [0.1, 0.15) is 35.9 Å². The van der Waals surface area contributed by atoms with Gasteiger partial charge in [0.1, 0.15) is 22.1 Å². The number of furan rings is 1. The minimum Gasteiger partial charge on any atom is -0.462 e. The number of nitrogens with zero attached hydrogens (tertiary/aromatic N) is 1. The third-order valence-electron chi connectivity index (χ3n) is 4.86. The molecule has 1 unspecified atom stereocenters. The average Bonchev–Trinajstić information content (AvgIpc) is 3.27. The summed E-state index contributed by atoms with van der Waals surface area (Å²) in [5, 5.41) is 4.63. The van der Waals surface area contributed by atoms with E-state index < -0.39 is 24.0 Å². The van der Waals surface area contributed by atoms with Gasteiger partial charge in [0.05, 0.1) is 19.1 Å². The highest BCUT2D eigenvalue weighted by Crippen LogP contribution is 2.37. The first-order chi connectivity index (χ1) is 14.2. The molecule has 3 heterocycles. The molecule has 1 saturated heterocycles. The van der Waals surface area contributed by atoms with Gasteiger partial charge in [-0.15, -0.1) is 11.3 Å². The quantitative estimate of drug-likeness (QED) is 0.654. The van der Waals surface area contributed by atoms with Crippen molar-refractivity contribution < 1.29 is 31.9 Å². The third-order valence-corrected chi connectivity index (χ3v) is 5.76. The second-order valence-corrected chi connectivity index (χ2v) is 8.03. The van der Waals surface area contributed by atoms with Gasteiger partial charge in [-0.2, -0.15) is 13.2 Å². The molecule has 0 aliphatic carbocycles. The summed E-state index contributed by atoms with van der Waals surface area (Å²) in [6, 6.07) is 3.48. The standard InChI is InChI=1S/C20H23F3N2O4S/c1-3-28-19(27)17-14(15-7-6-12(2)29-15)11-30-18(17)24-16(26)10-25-8-4-5-13(9-25)20(21,22)23/h6-7,11,13H,3-5,8-10H2,1-2H3,(H,24,26). The predicted octanol–water partition coefficient (Wildman–Crippen LogP) is 4.71. The van der Waals surface area contributed by atoms with Gasteiger partial charge in [0.15, 0.2) is 0 Å². The lowest BCUT2D eigenvalue weighted by molar-refractivity contribution is -0.186. The van der Waals surface area contributed by atoms with Crippen molar-refractivity contribution in [2.75, 3.05) is 31.6 Å². The van der Waals surface area contributed by atoms with Crippen LogP contribution in [-0.2, 0) is 9.53 Å². The Bertz CT molecular complexity index is 906. The molecular formula is C20H23F3N2O4S. The number of carbonyl (C=O) groups excluding carboxylic acids is 2. The Hall–Kier alpha value is -2.33. The number of ether oxygens (including phenoxy) is 1. The van der Waals surface area contributed by atoms with E-state index in [-0.39, 0.29) is 36.7 Å². The van der Waals surface area contributed by atoms with Crippen molar-refractivity contribution in [1.82, 2.24) is 4.90 Å². The summed E-state index contributed by atoms with van der Waals surface area (Å²) in [6.45, 7) is 3.64. The van der Waals surface area contributed by atoms with Crippen molar-refractivity contribution in [3.63, 3.8) is 0 Å². The van der Waals surface area contributed by atoms with Gasteiger partial charge in [0, 0.05) is 17.5 Å². The maximum atomic E-state index is 13.0. The van der Waals surface area contributed by atoms with E-state index in [0.717, 1.165) is 11.3 Å². The summed E-state index contributed by atoms with van der Waals surface area (Å²) in [7, 11) is 0. The van der Waals surface area contributed by atoms with Gasteiger partial charge in [-0.3, -0.25) is 9.69 Å². The lowest BCUT2D eigenvalue weighted by Gasteiger charge is -2.33. The Morgan fingerprint density at radius 3 is 2.77 bits per heavy atom. The van der Waals surface area contributed by atoms with Gasteiger partial charge in [0.25, 0.3) is 0 Å². The van der Waals surface area contributed by atoms with Crippen molar-refractivity contribution in [1.29, 1.82) is 0 Å². The Morgan fingerprint density at radius 1 is 1.37 bits per heavy atom. The van der Waals surface area contributed by atoms with Gasteiger partial charge >= 0.3 is 12.1 Å². The highest BCUT2D eigenvalue weighted by molar-refractivity contribution is 7.15. The Kier molecular flexibility index (Phi) is 6.87. The highest BCUT2D eigenvalue weighted by atomic mass is 32.1. The Balaban J connectivity index is 1.75. The van der Waals surface area contributed by atoms with Crippen LogP contribution in [0.3, 0.4) is 0 Å². The van der Waals surface area contributed by atoms with Crippen LogP contribution in [-0.4, -0.2) is 49.2 Å². The number of amides is 1. The minimum absolute atomic E-state index is 0.0749. The Labute approximate surface area is 176 Å². The molecule has 3 rings (SSSR count). The molecule has 164 valence electrons. The highest BCUT2D eigenvalue weighted by Gasteiger charge is 2.42.